The molecule has 0 unspecified atom stereocenters. The van der Waals surface area contributed by atoms with Crippen molar-refractivity contribution >= 4 is 40.4 Å². The molecule has 0 amide bonds. The molecule has 0 saturated carbocycles. The Labute approximate surface area is 127 Å². The molecule has 0 aliphatic rings. The zero-order valence-corrected chi connectivity index (χ0v) is 12.8. The van der Waals surface area contributed by atoms with Gasteiger partial charge in [0.05, 0.1) is 6.61 Å². The van der Waals surface area contributed by atoms with E-state index in [0.29, 0.717) is 0 Å². The van der Waals surface area contributed by atoms with Crippen LogP contribution in [0.15, 0.2) is 6.07 Å². The Morgan fingerprint density at radius 1 is 1.62 bits per heavy atom. The van der Waals surface area contributed by atoms with E-state index in [9.17, 15) is 9.59 Å². The summed E-state index contributed by atoms with van der Waals surface area (Å²) in [5.41, 5.74) is -0.606. The second-order valence-electron chi connectivity index (χ2n) is 2.48. The Bertz CT molecular complexity index is 419. The molecule has 7 heteroatoms. The third-order valence-corrected chi connectivity index (χ3v) is 2.58. The number of thiophene rings is 1. The van der Waals surface area contributed by atoms with Crippen LogP contribution in [0.1, 0.15) is 17.3 Å². The van der Waals surface area contributed by atoms with Gasteiger partial charge in [-0.2, -0.15) is 17.7 Å². The maximum atomic E-state index is 11.5. The summed E-state index contributed by atoms with van der Waals surface area (Å²) in [5.74, 6) is -1.68. The molecule has 4 nitrogen and oxygen atoms in total. The molecule has 1 aromatic rings. The molecular formula is C9H7ClNO3SY+2. The molecule has 0 atom stereocenters. The summed E-state index contributed by atoms with van der Waals surface area (Å²) in [6.07, 6.45) is 0. The van der Waals surface area contributed by atoms with E-state index in [2.05, 4.69) is 10.1 Å². The van der Waals surface area contributed by atoms with E-state index >= 15 is 0 Å². The van der Waals surface area contributed by atoms with Crippen molar-refractivity contribution in [1.82, 2.24) is 0 Å². The van der Waals surface area contributed by atoms with Gasteiger partial charge in [-0.1, -0.05) is 4.34 Å². The number of Topliss-reactive ketones (excluding diaryl/α,β-unsaturated/α-hetero) is 1. The van der Waals surface area contributed by atoms with Crippen molar-refractivity contribution in [3.8, 4) is 0 Å². The van der Waals surface area contributed by atoms with Gasteiger partial charge in [-0.15, -0.1) is 10.9 Å². The van der Waals surface area contributed by atoms with Crippen molar-refractivity contribution in [2.45, 2.75) is 6.92 Å². The normalized spacial score (nSPS) is 9.12. The second-order valence-corrected chi connectivity index (χ2v) is 3.93. The molecule has 80 valence electrons. The summed E-state index contributed by atoms with van der Waals surface area (Å²) in [6.45, 7) is 1.72. The monoisotopic (exact) mass is 333 g/mol. The molecule has 0 aliphatic carbocycles. The summed E-state index contributed by atoms with van der Waals surface area (Å²) in [7, 11) is 0. The molecule has 0 aromatic carbocycles. The minimum absolute atomic E-state index is 0. The van der Waals surface area contributed by atoms with Gasteiger partial charge >= 0.3 is 38.7 Å². The van der Waals surface area contributed by atoms with Gasteiger partial charge in [-0.25, -0.2) is 4.79 Å². The topological polar surface area (TPSA) is 67.2 Å². The number of hydrogen-bond acceptors (Lipinski definition) is 5. The maximum Gasteiger partial charge on any atom is 3.00 e. The van der Waals surface area contributed by atoms with E-state index in [1.165, 1.54) is 6.07 Å². The molecule has 0 radical (unpaired) electrons. The predicted molar refractivity (Wildman–Crippen MR) is 56.9 cm³/mol. The Balaban J connectivity index is 0.00000225. The molecule has 16 heavy (non-hydrogen) atoms. The van der Waals surface area contributed by atoms with Crippen molar-refractivity contribution in [1.29, 1.82) is 5.41 Å². The van der Waals surface area contributed by atoms with Crippen LogP contribution in [-0.2, 0) is 42.2 Å². The smallest absolute Gasteiger partial charge is 0.461 e. The number of carbonyl (C=O) groups is 2. The van der Waals surface area contributed by atoms with Crippen molar-refractivity contribution in [2.75, 3.05) is 6.61 Å². The summed E-state index contributed by atoms with van der Waals surface area (Å²) in [5, 5.41) is 9.93. The number of ketones is 1. The number of halogens is 1. The number of hydrogen-bond donors (Lipinski definition) is 1. The van der Waals surface area contributed by atoms with Gasteiger partial charge in [0.2, 0.25) is 0 Å². The van der Waals surface area contributed by atoms with Crippen molar-refractivity contribution in [3.05, 3.63) is 21.3 Å². The fourth-order valence-electron chi connectivity index (χ4n) is 0.837. The SMILES string of the molecule is CCOC(=O)C(=N)C(=O)c1c[c-]sc1Cl.[Y+3]. The third-order valence-electron chi connectivity index (χ3n) is 1.51. The number of carbonyl (C=O) groups excluding carboxylic acids is 2. The van der Waals surface area contributed by atoms with E-state index in [1.54, 1.807) is 6.92 Å². The fourth-order valence-corrected chi connectivity index (χ4v) is 1.65. The Morgan fingerprint density at radius 3 is 2.69 bits per heavy atom. The summed E-state index contributed by atoms with van der Waals surface area (Å²) >= 11 is 6.72. The molecule has 0 bridgehead atoms. The van der Waals surface area contributed by atoms with Crippen LogP contribution >= 0.6 is 22.9 Å². The first kappa shape index (κ1) is 15.9. The Kier molecular flexibility index (Phi) is 7.23. The molecule has 0 fully saturated rings. The Morgan fingerprint density at radius 2 is 2.25 bits per heavy atom. The van der Waals surface area contributed by atoms with Crippen LogP contribution < -0.4 is 0 Å². The quantitative estimate of drug-likeness (QED) is 0.301. The average molecular weight is 334 g/mol. The number of esters is 1. The second kappa shape index (κ2) is 7.27. The van der Waals surface area contributed by atoms with Crippen molar-refractivity contribution in [2.24, 2.45) is 0 Å². The van der Waals surface area contributed by atoms with Crippen LogP contribution in [0.3, 0.4) is 0 Å². The molecule has 0 saturated heterocycles. The number of rotatable bonds is 4. The van der Waals surface area contributed by atoms with E-state index in [4.69, 9.17) is 17.0 Å². The van der Waals surface area contributed by atoms with Gasteiger partial charge in [0, 0.05) is 0 Å². The van der Waals surface area contributed by atoms with Crippen LogP contribution in [0.25, 0.3) is 0 Å². The van der Waals surface area contributed by atoms with Gasteiger partial charge in [0.1, 0.15) is 0 Å². The fraction of sp³-hybridized carbons (Fsp3) is 0.222. The molecule has 1 rings (SSSR count). The van der Waals surface area contributed by atoms with E-state index < -0.39 is 17.5 Å². The van der Waals surface area contributed by atoms with Gasteiger partial charge in [0.25, 0.3) is 0 Å². The van der Waals surface area contributed by atoms with Crippen LogP contribution in [0.2, 0.25) is 4.34 Å². The first-order chi connectivity index (χ1) is 7.07. The molecular weight excluding hydrogens is 327 g/mol. The first-order valence-corrected chi connectivity index (χ1v) is 5.23. The summed E-state index contributed by atoms with van der Waals surface area (Å²) < 4.78 is 4.75. The van der Waals surface area contributed by atoms with Crippen molar-refractivity contribution < 1.29 is 47.0 Å². The predicted octanol–water partition coefficient (Wildman–Crippen LogP) is 1.96. The van der Waals surface area contributed by atoms with E-state index in [-0.39, 0.29) is 49.2 Å². The van der Waals surface area contributed by atoms with Gasteiger partial charge in [0.15, 0.2) is 11.5 Å². The number of ether oxygens (including phenoxy) is 1. The van der Waals surface area contributed by atoms with Gasteiger partial charge in [-0.05, 0) is 6.92 Å². The zero-order valence-electron chi connectivity index (χ0n) is 8.37. The largest absolute Gasteiger partial charge is 3.00 e. The molecule has 0 aliphatic heterocycles. The minimum atomic E-state index is -0.940. The number of nitrogens with one attached hydrogen (secondary N) is 1. The van der Waals surface area contributed by atoms with E-state index in [1.807, 2.05) is 0 Å². The zero-order chi connectivity index (χ0) is 11.4. The average Bonchev–Trinajstić information content (AvgIpc) is 2.62. The minimum Gasteiger partial charge on any atom is -0.461 e. The summed E-state index contributed by atoms with van der Waals surface area (Å²) in [6, 6.07) is 1.35. The van der Waals surface area contributed by atoms with Gasteiger partial charge in [-0.3, -0.25) is 16.7 Å². The molecule has 1 heterocycles. The summed E-state index contributed by atoms with van der Waals surface area (Å²) in [4.78, 5) is 22.6. The third kappa shape index (κ3) is 3.73. The maximum absolute atomic E-state index is 11.5. The van der Waals surface area contributed by atoms with Crippen LogP contribution in [0, 0.1) is 10.8 Å². The van der Waals surface area contributed by atoms with Crippen LogP contribution in [0.5, 0.6) is 0 Å². The molecule has 0 spiro atoms. The van der Waals surface area contributed by atoms with Crippen molar-refractivity contribution in [3.63, 3.8) is 0 Å². The first-order valence-electron chi connectivity index (χ1n) is 4.03. The molecule has 1 aromatic heterocycles. The van der Waals surface area contributed by atoms with Gasteiger partial charge < -0.3 is 9.53 Å². The Hall–Kier alpha value is -0.0961. The van der Waals surface area contributed by atoms with Crippen LogP contribution in [0.4, 0.5) is 0 Å². The standard InChI is InChI=1S/C9H7ClNO3S.Y/c1-2-14-9(13)6(11)7(12)5-3-4-15-8(5)10;/h3,11H,2H2,1H3;/q-1;+3. The van der Waals surface area contributed by atoms with E-state index in [0.717, 1.165) is 11.3 Å². The molecule has 1 N–H and O–H groups in total. The van der Waals surface area contributed by atoms with Crippen LogP contribution in [-0.4, -0.2) is 24.1 Å².